The van der Waals surface area contributed by atoms with E-state index in [0.717, 1.165) is 41.3 Å². The second-order valence-corrected chi connectivity index (χ2v) is 7.44. The highest BCUT2D eigenvalue weighted by Gasteiger charge is 2.20. The third-order valence-electron chi connectivity index (χ3n) is 4.50. The number of hydrogen-bond donors (Lipinski definition) is 3. The van der Waals surface area contributed by atoms with Crippen LogP contribution in [0.2, 0.25) is 0 Å². The van der Waals surface area contributed by atoms with Crippen LogP contribution in [0, 0.1) is 0 Å². The van der Waals surface area contributed by atoms with E-state index in [-0.39, 0.29) is 6.61 Å². The van der Waals surface area contributed by atoms with Crippen LogP contribution in [0.1, 0.15) is 10.4 Å². The Hall–Kier alpha value is -2.42. The molecule has 7 nitrogen and oxygen atoms in total. The lowest BCUT2D eigenvalue weighted by Gasteiger charge is -2.16. The summed E-state index contributed by atoms with van der Waals surface area (Å²) in [4.78, 5) is 11.1. The lowest BCUT2D eigenvalue weighted by atomic mass is 10.1. The molecule has 8 heteroatoms. The van der Waals surface area contributed by atoms with Gasteiger partial charge in [0.2, 0.25) is 0 Å². The molecule has 142 valence electrons. The van der Waals surface area contributed by atoms with E-state index in [9.17, 15) is 5.11 Å². The topological polar surface area (TPSA) is 88.5 Å². The molecule has 3 aromatic rings. The van der Waals surface area contributed by atoms with Gasteiger partial charge in [-0.05, 0) is 30.7 Å². The van der Waals surface area contributed by atoms with Gasteiger partial charge >= 0.3 is 0 Å². The maximum atomic E-state index is 10.3. The summed E-state index contributed by atoms with van der Waals surface area (Å²) in [5, 5.41) is 18.0. The lowest BCUT2D eigenvalue weighted by Crippen LogP contribution is -2.27. The Balaban J connectivity index is 1.40. The van der Waals surface area contributed by atoms with Crippen molar-refractivity contribution in [3.05, 3.63) is 41.0 Å². The van der Waals surface area contributed by atoms with Crippen molar-refractivity contribution >= 4 is 27.4 Å². The van der Waals surface area contributed by atoms with Crippen molar-refractivity contribution in [2.45, 2.75) is 19.1 Å². The number of aliphatic hydroxyl groups excluding tert-OH is 1. The first-order valence-corrected chi connectivity index (χ1v) is 9.71. The fourth-order valence-corrected chi connectivity index (χ4v) is 4.31. The van der Waals surface area contributed by atoms with E-state index in [2.05, 4.69) is 20.6 Å². The molecule has 3 heterocycles. The molecule has 0 spiro atoms. The van der Waals surface area contributed by atoms with Crippen LogP contribution in [-0.2, 0) is 13.0 Å². The number of thiophene rings is 1. The molecule has 1 aliphatic heterocycles. The van der Waals surface area contributed by atoms with Crippen molar-refractivity contribution in [2.75, 3.05) is 32.1 Å². The van der Waals surface area contributed by atoms with Gasteiger partial charge in [-0.25, -0.2) is 9.97 Å². The van der Waals surface area contributed by atoms with Crippen LogP contribution in [0.4, 0.5) is 5.82 Å². The SMILES string of the molecule is COc1cccc(OCC(O)CNc2ncnc3sc4c(c23)CCNC4)c1. The van der Waals surface area contributed by atoms with Gasteiger partial charge in [0.25, 0.3) is 0 Å². The van der Waals surface area contributed by atoms with Crippen LogP contribution in [0.5, 0.6) is 11.5 Å². The number of aromatic nitrogens is 2. The van der Waals surface area contributed by atoms with Crippen molar-refractivity contribution in [1.29, 1.82) is 0 Å². The molecule has 0 saturated carbocycles. The number of nitrogens with zero attached hydrogens (tertiary/aromatic N) is 2. The third kappa shape index (κ3) is 3.97. The number of rotatable bonds is 7. The molecule has 0 radical (unpaired) electrons. The highest BCUT2D eigenvalue weighted by molar-refractivity contribution is 7.18. The summed E-state index contributed by atoms with van der Waals surface area (Å²) in [6.07, 6.45) is 1.87. The van der Waals surface area contributed by atoms with Gasteiger partial charge < -0.3 is 25.2 Å². The molecule has 0 bridgehead atoms. The molecule has 0 amide bonds. The number of anilines is 1. The first-order chi connectivity index (χ1) is 13.2. The fourth-order valence-electron chi connectivity index (χ4n) is 3.15. The molecule has 4 rings (SSSR count). The Morgan fingerprint density at radius 2 is 2.22 bits per heavy atom. The normalized spacial score (nSPS) is 14.6. The molecule has 1 aliphatic rings. The van der Waals surface area contributed by atoms with E-state index in [0.29, 0.717) is 12.3 Å². The van der Waals surface area contributed by atoms with Gasteiger partial charge in [0.1, 0.15) is 41.2 Å². The maximum absolute atomic E-state index is 10.3. The molecule has 0 aliphatic carbocycles. The molecule has 0 saturated heterocycles. The Bertz CT molecular complexity index is 930. The second kappa shape index (κ2) is 8.08. The predicted octanol–water partition coefficient (Wildman–Crippen LogP) is 2.20. The average Bonchev–Trinajstić information content (AvgIpc) is 3.10. The molecule has 2 aromatic heterocycles. The number of ether oxygens (including phenoxy) is 2. The van der Waals surface area contributed by atoms with E-state index in [1.54, 1.807) is 30.8 Å². The summed E-state index contributed by atoms with van der Waals surface area (Å²) in [5.41, 5.74) is 1.32. The van der Waals surface area contributed by atoms with Crippen LogP contribution in [0.15, 0.2) is 30.6 Å². The zero-order valence-corrected chi connectivity index (χ0v) is 15.9. The van der Waals surface area contributed by atoms with E-state index in [1.165, 1.54) is 10.4 Å². The molecular weight excluding hydrogens is 364 g/mol. The van der Waals surface area contributed by atoms with Crippen LogP contribution in [0.3, 0.4) is 0 Å². The van der Waals surface area contributed by atoms with E-state index >= 15 is 0 Å². The number of hydrogen-bond acceptors (Lipinski definition) is 8. The van der Waals surface area contributed by atoms with Gasteiger partial charge in [-0.15, -0.1) is 11.3 Å². The Morgan fingerprint density at radius 1 is 1.33 bits per heavy atom. The molecule has 1 unspecified atom stereocenters. The average molecular weight is 386 g/mol. The monoisotopic (exact) mass is 386 g/mol. The number of fused-ring (bicyclic) bond motifs is 3. The molecule has 1 atom stereocenters. The number of methoxy groups -OCH3 is 1. The number of nitrogens with one attached hydrogen (secondary N) is 2. The van der Waals surface area contributed by atoms with Crippen molar-refractivity contribution in [3.63, 3.8) is 0 Å². The first kappa shape index (κ1) is 18.0. The minimum atomic E-state index is -0.669. The summed E-state index contributed by atoms with van der Waals surface area (Å²) < 4.78 is 10.8. The molecule has 3 N–H and O–H groups in total. The van der Waals surface area contributed by atoms with E-state index < -0.39 is 6.10 Å². The zero-order chi connectivity index (χ0) is 18.6. The zero-order valence-electron chi connectivity index (χ0n) is 15.1. The van der Waals surface area contributed by atoms with Gasteiger partial charge in [0.15, 0.2) is 0 Å². The van der Waals surface area contributed by atoms with Crippen LogP contribution < -0.4 is 20.1 Å². The summed E-state index contributed by atoms with van der Waals surface area (Å²) in [6.45, 7) is 2.37. The van der Waals surface area contributed by atoms with Crippen molar-refractivity contribution < 1.29 is 14.6 Å². The largest absolute Gasteiger partial charge is 0.497 e. The summed E-state index contributed by atoms with van der Waals surface area (Å²) in [6, 6.07) is 7.33. The number of aliphatic hydroxyl groups is 1. The van der Waals surface area contributed by atoms with Gasteiger partial charge in [0.05, 0.1) is 12.5 Å². The van der Waals surface area contributed by atoms with Crippen molar-refractivity contribution in [1.82, 2.24) is 15.3 Å². The van der Waals surface area contributed by atoms with Gasteiger partial charge in [-0.3, -0.25) is 0 Å². The lowest BCUT2D eigenvalue weighted by molar-refractivity contribution is 0.117. The van der Waals surface area contributed by atoms with Gasteiger partial charge in [-0.2, -0.15) is 0 Å². The quantitative estimate of drug-likeness (QED) is 0.574. The Kier molecular flexibility index (Phi) is 5.38. The van der Waals surface area contributed by atoms with Crippen molar-refractivity contribution in [2.24, 2.45) is 0 Å². The Labute approximate surface area is 161 Å². The molecule has 1 aromatic carbocycles. The standard InChI is InChI=1S/C19H22N4O3S/c1-25-13-3-2-4-14(7-13)26-10-12(24)8-21-18-17-15-5-6-20-9-16(15)27-19(17)23-11-22-18/h2-4,7,11-12,20,24H,5-6,8-10H2,1H3,(H,21,22,23). The molecule has 0 fully saturated rings. The summed E-state index contributed by atoms with van der Waals surface area (Å²) in [7, 11) is 1.61. The molecule has 27 heavy (non-hydrogen) atoms. The summed E-state index contributed by atoms with van der Waals surface area (Å²) >= 11 is 1.71. The highest BCUT2D eigenvalue weighted by Crippen LogP contribution is 2.35. The smallest absolute Gasteiger partial charge is 0.138 e. The maximum Gasteiger partial charge on any atom is 0.138 e. The van der Waals surface area contributed by atoms with Gasteiger partial charge in [0, 0.05) is 24.0 Å². The summed E-state index contributed by atoms with van der Waals surface area (Å²) in [5.74, 6) is 2.16. The molecular formula is C19H22N4O3S. The minimum absolute atomic E-state index is 0.181. The first-order valence-electron chi connectivity index (χ1n) is 8.89. The van der Waals surface area contributed by atoms with E-state index in [1.807, 2.05) is 18.2 Å². The van der Waals surface area contributed by atoms with Crippen LogP contribution >= 0.6 is 11.3 Å². The van der Waals surface area contributed by atoms with Crippen molar-refractivity contribution in [3.8, 4) is 11.5 Å². The van der Waals surface area contributed by atoms with Crippen LogP contribution in [0.25, 0.3) is 10.2 Å². The van der Waals surface area contributed by atoms with Gasteiger partial charge in [-0.1, -0.05) is 6.07 Å². The predicted molar refractivity (Wildman–Crippen MR) is 106 cm³/mol. The Morgan fingerprint density at radius 3 is 3.11 bits per heavy atom. The third-order valence-corrected chi connectivity index (χ3v) is 5.64. The van der Waals surface area contributed by atoms with E-state index in [4.69, 9.17) is 9.47 Å². The fraction of sp³-hybridized carbons (Fsp3) is 0.368. The minimum Gasteiger partial charge on any atom is -0.497 e. The highest BCUT2D eigenvalue weighted by atomic mass is 32.1. The number of benzene rings is 1. The second-order valence-electron chi connectivity index (χ2n) is 6.36. The van der Waals surface area contributed by atoms with Crippen LogP contribution in [-0.4, -0.2) is 48.0 Å².